The molecule has 1 amide bonds. The van der Waals surface area contributed by atoms with Crippen LogP contribution in [0.5, 0.6) is 0 Å². The molecule has 190 valence electrons. The van der Waals surface area contributed by atoms with E-state index in [0.717, 1.165) is 46.1 Å². The smallest absolute Gasteiger partial charge is 0.399 e. The topological polar surface area (TPSA) is 67.5 Å². The van der Waals surface area contributed by atoms with Crippen molar-refractivity contribution in [1.82, 2.24) is 14.9 Å². The Morgan fingerprint density at radius 1 is 1.08 bits per heavy atom. The fourth-order valence-corrected chi connectivity index (χ4v) is 5.74. The number of hydrogen-bond donors (Lipinski definition) is 1. The van der Waals surface area contributed by atoms with Crippen LogP contribution in [0.25, 0.3) is 21.8 Å². The van der Waals surface area contributed by atoms with Crippen molar-refractivity contribution in [2.24, 2.45) is 17.3 Å². The van der Waals surface area contributed by atoms with Crippen molar-refractivity contribution in [3.05, 3.63) is 36.2 Å². The molecule has 3 heterocycles. The zero-order valence-electron chi connectivity index (χ0n) is 22.6. The van der Waals surface area contributed by atoms with Gasteiger partial charge >= 0.3 is 7.12 Å². The molecule has 1 spiro atoms. The molecule has 3 aromatic rings. The highest BCUT2D eigenvalue weighted by Gasteiger charge is 2.55. The predicted molar refractivity (Wildman–Crippen MR) is 144 cm³/mol. The summed E-state index contributed by atoms with van der Waals surface area (Å²) >= 11 is 0. The van der Waals surface area contributed by atoms with Crippen LogP contribution in [-0.2, 0) is 14.1 Å². The number of amides is 1. The summed E-state index contributed by atoms with van der Waals surface area (Å²) in [6, 6.07) is 10.6. The van der Waals surface area contributed by atoms with Crippen LogP contribution in [-0.4, -0.2) is 45.6 Å². The van der Waals surface area contributed by atoms with Gasteiger partial charge in [0.2, 0.25) is 5.91 Å². The fraction of sp³-hybridized carbons (Fsp3) is 0.586. The quantitative estimate of drug-likeness (QED) is 0.503. The van der Waals surface area contributed by atoms with Crippen LogP contribution in [0.15, 0.2) is 30.3 Å². The molecule has 1 N–H and O–H groups in total. The van der Waals surface area contributed by atoms with Gasteiger partial charge in [0.1, 0.15) is 5.82 Å². The Hall–Kier alpha value is -2.38. The van der Waals surface area contributed by atoms with Crippen LogP contribution >= 0.6 is 0 Å². The number of carbonyl (C=O) groups excluding carboxylic acids is 1. The van der Waals surface area contributed by atoms with Crippen molar-refractivity contribution in [1.29, 1.82) is 0 Å². The first-order chi connectivity index (χ1) is 16.9. The molecular formula is C29H38BN3O3. The van der Waals surface area contributed by atoms with Crippen LogP contribution < -0.4 is 5.46 Å². The number of H-pyrrole nitrogens is 1. The summed E-state index contributed by atoms with van der Waals surface area (Å²) in [7, 11) is -0.388. The molecule has 2 saturated heterocycles. The Morgan fingerprint density at radius 3 is 2.42 bits per heavy atom. The Bertz CT molecular complexity index is 1340. The second-order valence-corrected chi connectivity index (χ2v) is 12.9. The number of aromatic amines is 1. The van der Waals surface area contributed by atoms with E-state index in [4.69, 9.17) is 14.3 Å². The number of aromatic nitrogens is 2. The van der Waals surface area contributed by atoms with Crippen molar-refractivity contribution in [3.63, 3.8) is 0 Å². The van der Waals surface area contributed by atoms with E-state index in [-0.39, 0.29) is 36.2 Å². The highest BCUT2D eigenvalue weighted by Crippen LogP contribution is 2.58. The van der Waals surface area contributed by atoms with Gasteiger partial charge in [-0.15, -0.1) is 0 Å². The number of benzene rings is 2. The number of carbonyl (C=O) groups is 1. The Balaban J connectivity index is 1.34. The van der Waals surface area contributed by atoms with Gasteiger partial charge in [0.05, 0.1) is 28.3 Å². The molecule has 36 heavy (non-hydrogen) atoms. The van der Waals surface area contributed by atoms with E-state index in [2.05, 4.69) is 88.7 Å². The number of nitrogens with zero attached hydrogens (tertiary/aromatic N) is 2. The summed E-state index contributed by atoms with van der Waals surface area (Å²) in [4.78, 5) is 24.2. The van der Waals surface area contributed by atoms with E-state index >= 15 is 0 Å². The molecule has 0 bridgehead atoms. The average Bonchev–Trinajstić information content (AvgIpc) is 3.17. The summed E-state index contributed by atoms with van der Waals surface area (Å²) < 4.78 is 12.5. The van der Waals surface area contributed by atoms with Gasteiger partial charge in [-0.25, -0.2) is 4.98 Å². The molecule has 2 atom stereocenters. The number of likely N-dealkylation sites (tertiary alicyclic amines) is 1. The van der Waals surface area contributed by atoms with Crippen LogP contribution in [0.3, 0.4) is 0 Å². The van der Waals surface area contributed by atoms with Crippen LogP contribution in [0, 0.1) is 17.3 Å². The van der Waals surface area contributed by atoms with Crippen molar-refractivity contribution in [3.8, 4) is 0 Å². The second-order valence-electron chi connectivity index (χ2n) is 12.9. The summed E-state index contributed by atoms with van der Waals surface area (Å²) in [5, 5.41) is 2.21. The van der Waals surface area contributed by atoms with Gasteiger partial charge in [-0.05, 0) is 75.2 Å². The molecule has 0 unspecified atom stereocenters. The van der Waals surface area contributed by atoms with E-state index in [9.17, 15) is 4.79 Å². The molecule has 2 aliphatic heterocycles. The van der Waals surface area contributed by atoms with Crippen molar-refractivity contribution in [2.75, 3.05) is 6.54 Å². The minimum Gasteiger partial charge on any atom is -0.399 e. The zero-order chi connectivity index (χ0) is 25.6. The Morgan fingerprint density at radius 2 is 1.78 bits per heavy atom. The van der Waals surface area contributed by atoms with Gasteiger partial charge < -0.3 is 19.2 Å². The zero-order valence-corrected chi connectivity index (χ0v) is 22.6. The minimum atomic E-state index is -0.388. The molecule has 3 fully saturated rings. The van der Waals surface area contributed by atoms with Gasteiger partial charge in [-0.3, -0.25) is 4.79 Å². The third kappa shape index (κ3) is 3.69. The lowest BCUT2D eigenvalue weighted by molar-refractivity contribution is -0.137. The summed E-state index contributed by atoms with van der Waals surface area (Å²) in [5.41, 5.74) is 2.55. The first-order valence-electron chi connectivity index (χ1n) is 13.5. The fourth-order valence-electron chi connectivity index (χ4n) is 5.74. The molecule has 0 radical (unpaired) electrons. The van der Waals surface area contributed by atoms with Crippen LogP contribution in [0.2, 0.25) is 0 Å². The van der Waals surface area contributed by atoms with E-state index in [1.54, 1.807) is 0 Å². The van der Waals surface area contributed by atoms with E-state index in [1.807, 2.05) is 0 Å². The predicted octanol–water partition coefficient (Wildman–Crippen LogP) is 5.36. The Labute approximate surface area is 214 Å². The maximum absolute atomic E-state index is 13.4. The highest BCUT2D eigenvalue weighted by atomic mass is 16.7. The molecule has 6 nitrogen and oxygen atoms in total. The van der Waals surface area contributed by atoms with Crippen molar-refractivity contribution < 1.29 is 14.1 Å². The molecule has 3 aliphatic rings. The van der Waals surface area contributed by atoms with Gasteiger partial charge in [0, 0.05) is 17.8 Å². The van der Waals surface area contributed by atoms with E-state index in [0.29, 0.717) is 11.3 Å². The molecule has 1 saturated carbocycles. The number of imidazole rings is 1. The summed E-state index contributed by atoms with van der Waals surface area (Å²) in [5.74, 6) is 1.52. The maximum atomic E-state index is 13.4. The van der Waals surface area contributed by atoms with Crippen molar-refractivity contribution in [2.45, 2.75) is 85.0 Å². The van der Waals surface area contributed by atoms with Crippen LogP contribution in [0.4, 0.5) is 0 Å². The first kappa shape index (κ1) is 24.0. The number of nitrogens with one attached hydrogen (secondary N) is 1. The molecule has 1 aliphatic carbocycles. The number of hydrogen-bond acceptors (Lipinski definition) is 4. The van der Waals surface area contributed by atoms with E-state index < -0.39 is 0 Å². The number of rotatable bonds is 4. The summed E-state index contributed by atoms with van der Waals surface area (Å²) in [6.07, 6.45) is 3.44. The average molecular weight is 487 g/mol. The molecular weight excluding hydrogens is 449 g/mol. The lowest BCUT2D eigenvalue weighted by atomic mass is 9.78. The normalized spacial score (nSPS) is 24.9. The third-order valence-electron chi connectivity index (χ3n) is 9.49. The van der Waals surface area contributed by atoms with Gasteiger partial charge in [0.25, 0.3) is 0 Å². The van der Waals surface area contributed by atoms with Gasteiger partial charge in [0.15, 0.2) is 0 Å². The Kier molecular flexibility index (Phi) is 5.21. The summed E-state index contributed by atoms with van der Waals surface area (Å²) in [6.45, 7) is 15.5. The monoisotopic (exact) mass is 487 g/mol. The molecule has 7 heteroatoms. The first-order valence-corrected chi connectivity index (χ1v) is 13.5. The van der Waals surface area contributed by atoms with E-state index in [1.165, 1.54) is 12.8 Å². The highest BCUT2D eigenvalue weighted by molar-refractivity contribution is 6.62. The maximum Gasteiger partial charge on any atom is 0.494 e. The largest absolute Gasteiger partial charge is 0.494 e. The lowest BCUT2D eigenvalue weighted by Gasteiger charge is -2.32. The minimum absolute atomic E-state index is 0.0139. The molecule has 1 aromatic heterocycles. The molecule has 2 aromatic carbocycles. The van der Waals surface area contributed by atoms with Gasteiger partial charge in [-0.1, -0.05) is 45.0 Å². The SMILES string of the molecule is CC(C)[C@H](C)C(=O)N1CC2(CC2)C[C@H]1c1nc2c(ccc3cc(B4OC(C)(C)C(C)(C)O4)ccc32)[nH]1. The standard InChI is InChI=1S/C29H38BN3O3/c1-17(2)18(3)26(34)33-16-29(12-13-29)15-23(33)25-31-22-11-8-19-14-20(9-10-21(19)24(22)32-25)30-35-27(4,5)28(6,7)36-30/h8-11,14,17-18,23H,12-13,15-16H2,1-7H3,(H,31,32)/t18-,23-/m0/s1. The van der Waals surface area contributed by atoms with Gasteiger partial charge in [-0.2, -0.15) is 0 Å². The van der Waals surface area contributed by atoms with Crippen LogP contribution in [0.1, 0.15) is 79.6 Å². The second kappa shape index (κ2) is 7.81. The molecule has 6 rings (SSSR count). The lowest BCUT2D eigenvalue weighted by Crippen LogP contribution is -2.41. The third-order valence-corrected chi connectivity index (χ3v) is 9.49. The number of fused-ring (bicyclic) bond motifs is 3. The van der Waals surface area contributed by atoms with Crippen molar-refractivity contribution >= 4 is 40.3 Å².